The van der Waals surface area contributed by atoms with Crippen LogP contribution < -0.4 is 0 Å². The number of halogens is 1. The first-order chi connectivity index (χ1) is 8.06. The van der Waals surface area contributed by atoms with Crippen LogP contribution in [-0.2, 0) is 0 Å². The third-order valence-electron chi connectivity index (χ3n) is 3.43. The van der Waals surface area contributed by atoms with E-state index in [1.165, 1.54) is 9.99 Å². The lowest BCUT2D eigenvalue weighted by atomic mass is 10.1. The molecule has 1 aliphatic rings. The monoisotopic (exact) mass is 343 g/mol. The molecule has 1 heterocycles. The van der Waals surface area contributed by atoms with Crippen molar-refractivity contribution in [1.82, 2.24) is 4.90 Å². The van der Waals surface area contributed by atoms with E-state index in [0.29, 0.717) is 12.6 Å². The summed E-state index contributed by atoms with van der Waals surface area (Å²) in [5.74, 6) is 0.955. The molecule has 2 atom stereocenters. The average Bonchev–Trinajstić information content (AvgIpc) is 2.58. The first-order valence-corrected chi connectivity index (χ1v) is 7.17. The van der Waals surface area contributed by atoms with Gasteiger partial charge in [-0.25, -0.2) is 0 Å². The second kappa shape index (κ2) is 5.48. The van der Waals surface area contributed by atoms with Crippen LogP contribution in [0.1, 0.15) is 30.6 Å². The van der Waals surface area contributed by atoms with Gasteiger partial charge in [0.2, 0.25) is 0 Å². The fraction of sp³-hybridized carbons (Fsp3) is 0.500. The van der Waals surface area contributed by atoms with Gasteiger partial charge in [0.05, 0.1) is 6.54 Å². The summed E-state index contributed by atoms with van der Waals surface area (Å²) in [6, 6.07) is 8.37. The second-order valence-corrected chi connectivity index (χ2v) is 6.30. The molecule has 0 aliphatic carbocycles. The van der Waals surface area contributed by atoms with E-state index in [4.69, 9.17) is 0 Å². The SMILES string of the molecule is CC1CC(C)N(CC(=O)c2ccc(I)cc2)C1. The number of rotatable bonds is 3. The van der Waals surface area contributed by atoms with Gasteiger partial charge in [-0.05, 0) is 54.0 Å². The molecule has 0 spiro atoms. The Balaban J connectivity index is 2.00. The molecule has 2 rings (SSSR count). The summed E-state index contributed by atoms with van der Waals surface area (Å²) in [4.78, 5) is 14.4. The van der Waals surface area contributed by atoms with Crippen LogP contribution in [0.5, 0.6) is 0 Å². The summed E-state index contributed by atoms with van der Waals surface area (Å²) in [5, 5.41) is 0. The zero-order chi connectivity index (χ0) is 12.4. The van der Waals surface area contributed by atoms with Crippen molar-refractivity contribution in [3.8, 4) is 0 Å². The van der Waals surface area contributed by atoms with Crippen molar-refractivity contribution >= 4 is 28.4 Å². The molecule has 0 saturated carbocycles. The fourth-order valence-electron chi connectivity index (χ4n) is 2.52. The summed E-state index contributed by atoms with van der Waals surface area (Å²) in [7, 11) is 0. The largest absolute Gasteiger partial charge is 0.293 e. The number of nitrogens with zero attached hydrogens (tertiary/aromatic N) is 1. The molecule has 1 aliphatic heterocycles. The minimum atomic E-state index is 0.238. The minimum absolute atomic E-state index is 0.238. The van der Waals surface area contributed by atoms with Crippen molar-refractivity contribution in [1.29, 1.82) is 0 Å². The topological polar surface area (TPSA) is 20.3 Å². The molecule has 17 heavy (non-hydrogen) atoms. The van der Waals surface area contributed by atoms with Crippen LogP contribution in [0.3, 0.4) is 0 Å². The highest BCUT2D eigenvalue weighted by atomic mass is 127. The molecular formula is C14H18INO. The average molecular weight is 343 g/mol. The highest BCUT2D eigenvalue weighted by molar-refractivity contribution is 14.1. The van der Waals surface area contributed by atoms with Crippen molar-refractivity contribution in [2.24, 2.45) is 5.92 Å². The molecule has 1 fully saturated rings. The normalized spacial score (nSPS) is 25.1. The summed E-state index contributed by atoms with van der Waals surface area (Å²) in [6.07, 6.45) is 1.21. The van der Waals surface area contributed by atoms with E-state index in [-0.39, 0.29) is 5.78 Å². The molecule has 0 amide bonds. The molecule has 3 heteroatoms. The van der Waals surface area contributed by atoms with Gasteiger partial charge in [0.1, 0.15) is 0 Å². The lowest BCUT2D eigenvalue weighted by Gasteiger charge is -2.19. The van der Waals surface area contributed by atoms with Gasteiger partial charge in [-0.3, -0.25) is 9.69 Å². The molecule has 1 aromatic rings. The van der Waals surface area contributed by atoms with Gasteiger partial charge < -0.3 is 0 Å². The molecule has 2 nitrogen and oxygen atoms in total. The molecule has 92 valence electrons. The van der Waals surface area contributed by atoms with Crippen LogP contribution >= 0.6 is 22.6 Å². The van der Waals surface area contributed by atoms with E-state index in [1.807, 2.05) is 24.3 Å². The Bertz CT molecular complexity index is 401. The predicted molar refractivity (Wildman–Crippen MR) is 78.3 cm³/mol. The maximum atomic E-state index is 12.1. The van der Waals surface area contributed by atoms with E-state index in [0.717, 1.165) is 18.0 Å². The van der Waals surface area contributed by atoms with Gasteiger partial charge in [-0.2, -0.15) is 0 Å². The number of Topliss-reactive ketones (excluding diaryl/α,β-unsaturated/α-hetero) is 1. The summed E-state index contributed by atoms with van der Waals surface area (Å²) < 4.78 is 1.17. The van der Waals surface area contributed by atoms with Gasteiger partial charge in [-0.1, -0.05) is 19.1 Å². The number of likely N-dealkylation sites (tertiary alicyclic amines) is 1. The molecule has 1 aromatic carbocycles. The minimum Gasteiger partial charge on any atom is -0.293 e. The Labute approximate surface area is 117 Å². The summed E-state index contributed by atoms with van der Waals surface area (Å²) >= 11 is 2.25. The van der Waals surface area contributed by atoms with E-state index in [9.17, 15) is 4.79 Å². The van der Waals surface area contributed by atoms with Crippen molar-refractivity contribution < 1.29 is 4.79 Å². The number of carbonyl (C=O) groups is 1. The maximum absolute atomic E-state index is 12.1. The Kier molecular flexibility index (Phi) is 4.20. The van der Waals surface area contributed by atoms with Crippen molar-refractivity contribution in [3.63, 3.8) is 0 Å². The quantitative estimate of drug-likeness (QED) is 0.621. The van der Waals surface area contributed by atoms with Gasteiger partial charge >= 0.3 is 0 Å². The van der Waals surface area contributed by atoms with Crippen LogP contribution in [0.4, 0.5) is 0 Å². The van der Waals surface area contributed by atoms with Crippen LogP contribution in [-0.4, -0.2) is 29.8 Å². The third-order valence-corrected chi connectivity index (χ3v) is 4.15. The van der Waals surface area contributed by atoms with Gasteiger partial charge in [0.25, 0.3) is 0 Å². The van der Waals surface area contributed by atoms with Crippen molar-refractivity contribution in [2.45, 2.75) is 26.3 Å². The van der Waals surface area contributed by atoms with Gasteiger partial charge in [-0.15, -0.1) is 0 Å². The maximum Gasteiger partial charge on any atom is 0.176 e. The van der Waals surface area contributed by atoms with Crippen LogP contribution in [0.15, 0.2) is 24.3 Å². The number of benzene rings is 1. The van der Waals surface area contributed by atoms with E-state index in [2.05, 4.69) is 41.3 Å². The zero-order valence-electron chi connectivity index (χ0n) is 10.3. The third kappa shape index (κ3) is 3.28. The number of ketones is 1. The lowest BCUT2D eigenvalue weighted by molar-refractivity contribution is 0.0925. The summed E-state index contributed by atoms with van der Waals surface area (Å²) in [5.41, 5.74) is 0.831. The first kappa shape index (κ1) is 13.0. The van der Waals surface area contributed by atoms with Crippen LogP contribution in [0.2, 0.25) is 0 Å². The Hall–Kier alpha value is -0.420. The molecule has 0 N–H and O–H groups in total. The molecule has 2 unspecified atom stereocenters. The van der Waals surface area contributed by atoms with E-state index in [1.54, 1.807) is 0 Å². The highest BCUT2D eigenvalue weighted by Gasteiger charge is 2.27. The number of hydrogen-bond donors (Lipinski definition) is 0. The second-order valence-electron chi connectivity index (χ2n) is 5.05. The first-order valence-electron chi connectivity index (χ1n) is 6.09. The van der Waals surface area contributed by atoms with E-state index < -0.39 is 0 Å². The number of carbonyl (C=O) groups excluding carboxylic acids is 1. The molecule has 0 bridgehead atoms. The predicted octanol–water partition coefficient (Wildman–Crippen LogP) is 3.20. The van der Waals surface area contributed by atoms with Crippen molar-refractivity contribution in [2.75, 3.05) is 13.1 Å². The van der Waals surface area contributed by atoms with Crippen LogP contribution in [0, 0.1) is 9.49 Å². The fourth-order valence-corrected chi connectivity index (χ4v) is 2.88. The molecule has 0 radical (unpaired) electrons. The van der Waals surface area contributed by atoms with Gasteiger partial charge in [0.15, 0.2) is 5.78 Å². The lowest BCUT2D eigenvalue weighted by Crippen LogP contribution is -2.32. The Morgan fingerprint density at radius 3 is 2.53 bits per heavy atom. The summed E-state index contributed by atoms with van der Waals surface area (Å²) in [6.45, 7) is 6.08. The highest BCUT2D eigenvalue weighted by Crippen LogP contribution is 2.22. The Morgan fingerprint density at radius 2 is 2.00 bits per heavy atom. The molecule has 0 aromatic heterocycles. The zero-order valence-corrected chi connectivity index (χ0v) is 12.5. The van der Waals surface area contributed by atoms with Gasteiger partial charge in [0, 0.05) is 21.7 Å². The number of hydrogen-bond acceptors (Lipinski definition) is 2. The Morgan fingerprint density at radius 1 is 1.35 bits per heavy atom. The van der Waals surface area contributed by atoms with Crippen LogP contribution in [0.25, 0.3) is 0 Å². The molecular weight excluding hydrogens is 325 g/mol. The van der Waals surface area contributed by atoms with E-state index >= 15 is 0 Å². The van der Waals surface area contributed by atoms with Crippen molar-refractivity contribution in [3.05, 3.63) is 33.4 Å². The molecule has 1 saturated heterocycles. The smallest absolute Gasteiger partial charge is 0.176 e. The standard InChI is InChI=1S/C14H18INO/c1-10-7-11(2)16(8-10)9-14(17)12-3-5-13(15)6-4-12/h3-6,10-11H,7-9H2,1-2H3.